The topological polar surface area (TPSA) is 16.3 Å². The fourth-order valence-corrected chi connectivity index (χ4v) is 11.9. The van der Waals surface area contributed by atoms with Crippen molar-refractivity contribution in [1.29, 1.82) is 0 Å². The molecule has 0 bridgehead atoms. The molecule has 0 radical (unpaired) electrons. The van der Waals surface area contributed by atoms with Gasteiger partial charge in [0.1, 0.15) is 0 Å². The Kier molecular flexibility index (Phi) is 5.78. The first-order valence-electron chi connectivity index (χ1n) is 21.0. The molecular weight excluding hydrogens is 726 g/mol. The van der Waals surface area contributed by atoms with Crippen LogP contribution < -0.4 is 31.7 Å². The molecule has 0 saturated heterocycles. The summed E-state index contributed by atoms with van der Waals surface area (Å²) in [5.41, 5.74) is 22.9. The summed E-state index contributed by atoms with van der Waals surface area (Å²) in [5.74, 6) is 0. The van der Waals surface area contributed by atoms with Crippen molar-refractivity contribution < 1.29 is 0 Å². The molecule has 4 aliphatic heterocycles. The standard InChI is InChI=1S/C54H32B2N4/c1-3-15-33(16-4-1)57-47-29-13-21-37-41-25-11-23-39-35-19-7-9-27-45(35)59(53(39)41)55(51(37)47)43-32-50-44(31-49(43)57)56-52-38(22-14-30-48(52)58(50)34-17-5-2-6-18-34)42-26-12-24-40-36-20-8-10-28-46(36)60(56)54(40)42/h1-32H. The van der Waals surface area contributed by atoms with E-state index in [1.54, 1.807) is 0 Å². The van der Waals surface area contributed by atoms with E-state index >= 15 is 0 Å². The van der Waals surface area contributed by atoms with E-state index in [-0.39, 0.29) is 13.7 Å². The fraction of sp³-hybridized carbons (Fsp3) is 0. The Morgan fingerprint density at radius 2 is 0.683 bits per heavy atom. The van der Waals surface area contributed by atoms with Gasteiger partial charge in [0.25, 0.3) is 0 Å². The summed E-state index contributed by atoms with van der Waals surface area (Å²) in [4.78, 5) is 5.10. The molecule has 0 saturated carbocycles. The smallest absolute Gasteiger partial charge is 0.333 e. The molecule has 0 atom stereocenters. The molecule has 4 aliphatic rings. The summed E-state index contributed by atoms with van der Waals surface area (Å²) in [6.45, 7) is -0.101. The number of nitrogens with zero attached hydrogens (tertiary/aromatic N) is 4. The van der Waals surface area contributed by atoms with E-state index in [1.807, 2.05) is 0 Å². The molecule has 4 nitrogen and oxygen atoms in total. The normalized spacial score (nSPS) is 13.9. The van der Waals surface area contributed by atoms with Crippen molar-refractivity contribution in [3.63, 3.8) is 0 Å². The molecule has 60 heavy (non-hydrogen) atoms. The monoisotopic (exact) mass is 758 g/mol. The molecule has 9 aromatic carbocycles. The summed E-state index contributed by atoms with van der Waals surface area (Å²) >= 11 is 0. The lowest BCUT2D eigenvalue weighted by atomic mass is 9.42. The summed E-state index contributed by atoms with van der Waals surface area (Å²) < 4.78 is 5.34. The Morgan fingerprint density at radius 3 is 1.15 bits per heavy atom. The van der Waals surface area contributed by atoms with Crippen LogP contribution in [0.2, 0.25) is 0 Å². The predicted octanol–water partition coefficient (Wildman–Crippen LogP) is 10.7. The number of benzene rings is 9. The highest BCUT2D eigenvalue weighted by Crippen LogP contribution is 2.48. The van der Waals surface area contributed by atoms with Gasteiger partial charge in [-0.15, -0.1) is 0 Å². The minimum Gasteiger partial charge on any atom is -0.375 e. The van der Waals surface area contributed by atoms with Gasteiger partial charge in [-0.05, 0) is 93.6 Å². The Bertz CT molecular complexity index is 3450. The maximum Gasteiger partial charge on any atom is 0.333 e. The number of para-hydroxylation sites is 6. The Labute approximate surface area is 347 Å². The summed E-state index contributed by atoms with van der Waals surface area (Å²) in [6, 6.07) is 72.9. The maximum atomic E-state index is 2.67. The number of fused-ring (bicyclic) bond motifs is 14. The average molecular weight is 759 g/mol. The molecule has 0 amide bonds. The zero-order valence-electron chi connectivity index (χ0n) is 32.4. The SMILES string of the molecule is c1ccc(N2c3cc4c(cc3B3c5c(cccc52)-c2cccc5c6ccccc6n3c25)N(c2ccccc2)c2cccc3c2B4n2c4ccccc4c4cccc-3c42)cc1. The van der Waals surface area contributed by atoms with Crippen LogP contribution in [-0.4, -0.2) is 22.7 Å². The second-order valence-corrected chi connectivity index (χ2v) is 16.8. The molecule has 0 unspecified atom stereocenters. The molecule has 6 heteroatoms. The lowest BCUT2D eigenvalue weighted by Gasteiger charge is -2.44. The number of anilines is 6. The molecular formula is C54H32B2N4. The Hall–Kier alpha value is -7.69. The van der Waals surface area contributed by atoms with E-state index < -0.39 is 0 Å². The largest absolute Gasteiger partial charge is 0.375 e. The lowest BCUT2D eigenvalue weighted by Crippen LogP contribution is -2.60. The van der Waals surface area contributed by atoms with E-state index in [1.165, 1.54) is 110 Å². The quantitative estimate of drug-likeness (QED) is 0.163. The predicted molar refractivity (Wildman–Crippen MR) is 254 cm³/mol. The van der Waals surface area contributed by atoms with Crippen LogP contribution in [0.15, 0.2) is 194 Å². The number of aromatic nitrogens is 2. The van der Waals surface area contributed by atoms with Gasteiger partial charge in [-0.3, -0.25) is 0 Å². The van der Waals surface area contributed by atoms with Crippen molar-refractivity contribution in [1.82, 2.24) is 8.96 Å². The maximum absolute atomic E-state index is 2.67. The highest BCUT2D eigenvalue weighted by atomic mass is 15.2. The third kappa shape index (κ3) is 3.68. The number of hydrogen-bond donors (Lipinski definition) is 0. The van der Waals surface area contributed by atoms with Gasteiger partial charge in [0.15, 0.2) is 0 Å². The molecule has 2 aromatic heterocycles. The van der Waals surface area contributed by atoms with Crippen LogP contribution >= 0.6 is 0 Å². The number of rotatable bonds is 2. The second-order valence-electron chi connectivity index (χ2n) is 16.8. The van der Waals surface area contributed by atoms with Crippen molar-refractivity contribution in [2.75, 3.05) is 9.80 Å². The Morgan fingerprint density at radius 1 is 0.300 bits per heavy atom. The van der Waals surface area contributed by atoms with Crippen LogP contribution in [0, 0.1) is 0 Å². The highest BCUT2D eigenvalue weighted by molar-refractivity contribution is 6.92. The summed E-state index contributed by atoms with van der Waals surface area (Å²) in [7, 11) is 0. The van der Waals surface area contributed by atoms with Gasteiger partial charge < -0.3 is 18.8 Å². The summed E-state index contributed by atoms with van der Waals surface area (Å²) in [5, 5.41) is 5.21. The van der Waals surface area contributed by atoms with Crippen molar-refractivity contribution in [3.8, 4) is 22.3 Å². The first-order chi connectivity index (χ1) is 29.8. The third-order valence-electron chi connectivity index (χ3n) is 14.0. The molecule has 0 fully saturated rings. The zero-order chi connectivity index (χ0) is 38.8. The lowest BCUT2D eigenvalue weighted by molar-refractivity contribution is 1.23. The van der Waals surface area contributed by atoms with Gasteiger partial charge in [0.05, 0.1) is 0 Å². The van der Waals surface area contributed by atoms with E-state index in [4.69, 9.17) is 0 Å². The zero-order valence-corrected chi connectivity index (χ0v) is 32.4. The fourth-order valence-electron chi connectivity index (χ4n) is 11.9. The number of hydrogen-bond acceptors (Lipinski definition) is 2. The summed E-state index contributed by atoms with van der Waals surface area (Å²) in [6.07, 6.45) is 0. The van der Waals surface area contributed by atoms with E-state index in [0.717, 1.165) is 11.4 Å². The van der Waals surface area contributed by atoms with Gasteiger partial charge >= 0.3 is 13.7 Å². The molecule has 0 N–H and O–H groups in total. The molecule has 0 aliphatic carbocycles. The van der Waals surface area contributed by atoms with Gasteiger partial charge in [0, 0.05) is 88.9 Å². The van der Waals surface area contributed by atoms with Crippen LogP contribution in [-0.2, 0) is 0 Å². The first-order valence-corrected chi connectivity index (χ1v) is 21.0. The van der Waals surface area contributed by atoms with E-state index in [2.05, 4.69) is 213 Å². The van der Waals surface area contributed by atoms with Gasteiger partial charge in [-0.1, -0.05) is 133 Å². The average Bonchev–Trinajstić information content (AvgIpc) is 3.83. The van der Waals surface area contributed by atoms with Crippen LogP contribution in [0.5, 0.6) is 0 Å². The minimum atomic E-state index is -0.0506. The molecule has 11 aromatic rings. The van der Waals surface area contributed by atoms with Crippen molar-refractivity contribution in [2.24, 2.45) is 0 Å². The van der Waals surface area contributed by atoms with Gasteiger partial charge in [0.2, 0.25) is 0 Å². The first kappa shape index (κ1) is 31.3. The molecule has 6 heterocycles. The Balaban J connectivity index is 1.13. The molecule has 0 spiro atoms. The van der Waals surface area contributed by atoms with Crippen molar-refractivity contribution in [2.45, 2.75) is 0 Å². The molecule has 15 rings (SSSR count). The van der Waals surface area contributed by atoms with Gasteiger partial charge in [-0.25, -0.2) is 0 Å². The van der Waals surface area contributed by atoms with Crippen LogP contribution in [0.1, 0.15) is 0 Å². The minimum absolute atomic E-state index is 0.0506. The van der Waals surface area contributed by atoms with E-state index in [0.29, 0.717) is 0 Å². The third-order valence-corrected chi connectivity index (χ3v) is 14.0. The van der Waals surface area contributed by atoms with Crippen LogP contribution in [0.25, 0.3) is 65.9 Å². The van der Waals surface area contributed by atoms with Crippen molar-refractivity contribution >= 4 is 113 Å². The van der Waals surface area contributed by atoms with Crippen molar-refractivity contribution in [3.05, 3.63) is 194 Å². The highest BCUT2D eigenvalue weighted by Gasteiger charge is 2.47. The van der Waals surface area contributed by atoms with E-state index in [9.17, 15) is 0 Å². The second kappa shape index (κ2) is 11.1. The molecule has 274 valence electrons. The van der Waals surface area contributed by atoms with Crippen LogP contribution in [0.3, 0.4) is 0 Å². The van der Waals surface area contributed by atoms with Gasteiger partial charge in [-0.2, -0.15) is 0 Å². The van der Waals surface area contributed by atoms with Crippen LogP contribution in [0.4, 0.5) is 34.1 Å².